The third kappa shape index (κ3) is 8.95. The second kappa shape index (κ2) is 11.7. The lowest BCUT2D eigenvalue weighted by molar-refractivity contribution is -0.188. The van der Waals surface area contributed by atoms with Crippen LogP contribution in [0.1, 0.15) is 52.0 Å². The van der Waals surface area contributed by atoms with Gasteiger partial charge in [0.15, 0.2) is 0 Å². The Balaban J connectivity index is 2.39. The molecule has 1 aliphatic carbocycles. The third-order valence-electron chi connectivity index (χ3n) is 5.74. The highest BCUT2D eigenvalue weighted by Gasteiger charge is 2.47. The number of benzene rings is 1. The molecule has 4 nitrogen and oxygen atoms in total. The Morgan fingerprint density at radius 3 is 2.19 bits per heavy atom. The highest BCUT2D eigenvalue weighted by molar-refractivity contribution is 6.33. The summed E-state index contributed by atoms with van der Waals surface area (Å²) in [5.41, 5.74) is -1.73. The number of esters is 1. The number of hydrogen-bond donors (Lipinski definition) is 1. The highest BCUT2D eigenvalue weighted by atomic mass is 35.5. The highest BCUT2D eigenvalue weighted by Crippen LogP contribution is 2.42. The van der Waals surface area contributed by atoms with Crippen molar-refractivity contribution in [1.82, 2.24) is 0 Å². The summed E-state index contributed by atoms with van der Waals surface area (Å²) in [5.74, 6) is -9.02. The van der Waals surface area contributed by atoms with Crippen LogP contribution in [0.2, 0.25) is 5.02 Å². The lowest BCUT2D eigenvalue weighted by Crippen LogP contribution is -2.40. The van der Waals surface area contributed by atoms with Crippen LogP contribution in [0.25, 0.3) is 0 Å². The van der Waals surface area contributed by atoms with Gasteiger partial charge in [-0.3, -0.25) is 9.59 Å². The molecule has 12 heteroatoms. The number of alkyl halides is 6. The van der Waals surface area contributed by atoms with E-state index < -0.39 is 65.5 Å². The molecule has 0 radical (unpaired) electrons. The first-order valence-electron chi connectivity index (χ1n) is 11.3. The molecule has 1 aliphatic rings. The van der Waals surface area contributed by atoms with E-state index in [0.717, 1.165) is 25.1 Å². The van der Waals surface area contributed by atoms with Crippen LogP contribution in [0.5, 0.6) is 0 Å². The smallest absolute Gasteiger partial charge is 0.396 e. The molecule has 1 aromatic rings. The first-order chi connectivity index (χ1) is 16.8. The molecule has 0 heterocycles. The summed E-state index contributed by atoms with van der Waals surface area (Å²) in [4.78, 5) is 25.2. The first kappa shape index (κ1) is 31.0. The predicted molar refractivity (Wildman–Crippen MR) is 129 cm³/mol. The fourth-order valence-electron chi connectivity index (χ4n) is 3.92. The molecule has 0 spiro atoms. The molecule has 2 rings (SSSR count). The van der Waals surface area contributed by atoms with Crippen molar-refractivity contribution in [3.05, 3.63) is 52.0 Å². The van der Waals surface area contributed by atoms with Crippen molar-refractivity contribution in [3.8, 4) is 0 Å². The zero-order valence-corrected chi connectivity index (χ0v) is 21.9. The fourth-order valence-corrected chi connectivity index (χ4v) is 4.24. The average Bonchev–Trinajstić information content (AvgIpc) is 2.72. The Morgan fingerprint density at radius 2 is 1.70 bits per heavy atom. The maximum absolute atomic E-state index is 13.9. The van der Waals surface area contributed by atoms with E-state index in [0.29, 0.717) is 5.03 Å². The zero-order valence-electron chi connectivity index (χ0n) is 20.4. The number of halogens is 8. The molecular formula is C25H27Cl2F6NO3. The monoisotopic (exact) mass is 573 g/mol. The minimum absolute atomic E-state index is 0.0631. The lowest BCUT2D eigenvalue weighted by atomic mass is 9.78. The van der Waals surface area contributed by atoms with Gasteiger partial charge < -0.3 is 10.1 Å². The van der Waals surface area contributed by atoms with Crippen LogP contribution in [0.4, 0.5) is 32.0 Å². The van der Waals surface area contributed by atoms with Gasteiger partial charge >= 0.3 is 18.3 Å². The van der Waals surface area contributed by atoms with E-state index in [2.05, 4.69) is 5.32 Å². The van der Waals surface area contributed by atoms with Crippen LogP contribution in [0.3, 0.4) is 0 Å². The number of allylic oxidation sites excluding steroid dienone is 4. The minimum Gasteiger partial charge on any atom is -0.460 e. The van der Waals surface area contributed by atoms with Gasteiger partial charge in [0.25, 0.3) is 0 Å². The Kier molecular flexibility index (Phi) is 9.79. The van der Waals surface area contributed by atoms with Gasteiger partial charge in [0, 0.05) is 5.03 Å². The summed E-state index contributed by atoms with van der Waals surface area (Å²) >= 11 is 11.9. The average molecular weight is 574 g/mol. The SMILES string of the molecule is C[C@H]([C@H](C(=O)Nc1cc([C@H](CC(=O)OC(C)(C)C)C(F)(F)F)ccc1Cl)C1C=CC(Cl)=CC1)C(F)(F)F. The zero-order chi connectivity index (χ0) is 28.3. The largest absolute Gasteiger partial charge is 0.460 e. The minimum atomic E-state index is -4.86. The van der Waals surface area contributed by atoms with Crippen LogP contribution in [0, 0.1) is 17.8 Å². The topological polar surface area (TPSA) is 55.4 Å². The van der Waals surface area contributed by atoms with Crippen LogP contribution in [0.15, 0.2) is 41.5 Å². The van der Waals surface area contributed by atoms with E-state index >= 15 is 0 Å². The molecule has 0 saturated heterocycles. The van der Waals surface area contributed by atoms with Crippen LogP contribution in [-0.2, 0) is 14.3 Å². The van der Waals surface area contributed by atoms with Gasteiger partial charge in [-0.25, -0.2) is 0 Å². The molecule has 4 atom stereocenters. The van der Waals surface area contributed by atoms with E-state index in [9.17, 15) is 35.9 Å². The Morgan fingerprint density at radius 1 is 1.08 bits per heavy atom. The van der Waals surface area contributed by atoms with Gasteiger partial charge in [0.1, 0.15) is 5.60 Å². The van der Waals surface area contributed by atoms with Crippen molar-refractivity contribution >= 4 is 40.8 Å². The van der Waals surface area contributed by atoms with Crippen molar-refractivity contribution in [1.29, 1.82) is 0 Å². The fraction of sp³-hybridized carbons (Fsp3) is 0.520. The number of hydrogen-bond acceptors (Lipinski definition) is 3. The number of carbonyl (C=O) groups is 2. The number of anilines is 1. The van der Waals surface area contributed by atoms with Gasteiger partial charge in [0.05, 0.1) is 34.9 Å². The summed E-state index contributed by atoms with van der Waals surface area (Å²) in [6.45, 7) is 5.38. The number of rotatable bonds is 7. The first-order valence-corrected chi connectivity index (χ1v) is 12.0. The summed E-state index contributed by atoms with van der Waals surface area (Å²) < 4.78 is 87.4. The second-order valence-corrected chi connectivity index (χ2v) is 10.7. The standard InChI is InChI=1S/C25H27Cl2F6NO3/c1-13(24(28,29)30)21(14-5-8-16(26)9-6-14)22(36)34-19-11-15(7-10-18(19)27)17(25(31,32)33)12-20(35)37-23(2,3)4/h5,7-11,13-14,17,21H,6,12H2,1-4H3,(H,34,36)/t13-,14?,17+,21+/m1/s1. The maximum atomic E-state index is 13.9. The van der Waals surface area contributed by atoms with Gasteiger partial charge in [-0.1, -0.05) is 48.3 Å². The van der Waals surface area contributed by atoms with Gasteiger partial charge in [-0.2, -0.15) is 26.3 Å². The molecule has 0 aromatic heterocycles. The molecule has 37 heavy (non-hydrogen) atoms. The van der Waals surface area contributed by atoms with Crippen molar-refractivity contribution in [2.45, 2.75) is 64.4 Å². The van der Waals surface area contributed by atoms with Crippen molar-refractivity contribution < 1.29 is 40.7 Å². The summed E-state index contributed by atoms with van der Waals surface area (Å²) in [6, 6.07) is 3.02. The lowest BCUT2D eigenvalue weighted by Gasteiger charge is -2.31. The van der Waals surface area contributed by atoms with Crippen LogP contribution < -0.4 is 5.32 Å². The van der Waals surface area contributed by atoms with Gasteiger partial charge in [-0.15, -0.1) is 0 Å². The third-order valence-corrected chi connectivity index (χ3v) is 6.35. The predicted octanol–water partition coefficient (Wildman–Crippen LogP) is 8.17. The maximum Gasteiger partial charge on any atom is 0.396 e. The van der Waals surface area contributed by atoms with E-state index in [1.54, 1.807) is 0 Å². The second-order valence-electron chi connectivity index (χ2n) is 9.82. The number of carbonyl (C=O) groups excluding carboxylic acids is 2. The number of nitrogens with one attached hydrogen (secondary N) is 1. The molecule has 206 valence electrons. The Bertz CT molecular complexity index is 1060. The normalized spacial score (nSPS) is 19.0. The van der Waals surface area contributed by atoms with E-state index in [-0.39, 0.29) is 17.1 Å². The molecule has 0 fully saturated rings. The van der Waals surface area contributed by atoms with Gasteiger partial charge in [0.2, 0.25) is 5.91 Å². The van der Waals surface area contributed by atoms with Crippen LogP contribution in [-0.4, -0.2) is 29.8 Å². The summed E-state index contributed by atoms with van der Waals surface area (Å²) in [5, 5.41) is 2.40. The van der Waals surface area contributed by atoms with Crippen molar-refractivity contribution in [2.75, 3.05) is 5.32 Å². The molecule has 0 bridgehead atoms. The summed E-state index contributed by atoms with van der Waals surface area (Å²) in [7, 11) is 0. The van der Waals surface area contributed by atoms with Crippen molar-refractivity contribution in [3.63, 3.8) is 0 Å². The van der Waals surface area contributed by atoms with Crippen LogP contribution >= 0.6 is 23.2 Å². The molecule has 0 aliphatic heterocycles. The molecule has 0 saturated carbocycles. The number of amides is 1. The Labute approximate surface area is 221 Å². The van der Waals surface area contributed by atoms with E-state index in [1.807, 2.05) is 0 Å². The summed E-state index contributed by atoms with van der Waals surface area (Å²) in [6.07, 6.45) is -6.30. The van der Waals surface area contributed by atoms with E-state index in [4.69, 9.17) is 27.9 Å². The number of ether oxygens (including phenoxy) is 1. The molecule has 1 N–H and O–H groups in total. The van der Waals surface area contributed by atoms with Gasteiger partial charge in [-0.05, 0) is 56.9 Å². The molecule has 1 unspecified atom stereocenters. The molecule has 1 aromatic carbocycles. The van der Waals surface area contributed by atoms with E-state index in [1.165, 1.54) is 39.0 Å². The Hall–Kier alpha value is -2.20. The van der Waals surface area contributed by atoms with Crippen molar-refractivity contribution in [2.24, 2.45) is 17.8 Å². The molecule has 1 amide bonds. The molecular weight excluding hydrogens is 547 g/mol. The quantitative estimate of drug-likeness (QED) is 0.264.